The van der Waals surface area contributed by atoms with Crippen LogP contribution in [0.2, 0.25) is 0 Å². The first-order chi connectivity index (χ1) is 16.7. The molecule has 1 unspecified atom stereocenters. The Morgan fingerprint density at radius 3 is 2.23 bits per heavy atom. The van der Waals surface area contributed by atoms with Crippen molar-refractivity contribution in [3.63, 3.8) is 0 Å². The minimum atomic E-state index is -0.966. The van der Waals surface area contributed by atoms with Crippen LogP contribution >= 0.6 is 0 Å². The summed E-state index contributed by atoms with van der Waals surface area (Å²) in [6.45, 7) is 1.53. The fourth-order valence-electron chi connectivity index (χ4n) is 3.81. The summed E-state index contributed by atoms with van der Waals surface area (Å²) in [4.78, 5) is 37.1. The first-order valence-corrected chi connectivity index (χ1v) is 10.5. The first-order valence-electron chi connectivity index (χ1n) is 10.5. The molecule has 0 saturated heterocycles. The molecular formula is C25H26N2O8. The monoisotopic (exact) mass is 482 g/mol. The molecule has 184 valence electrons. The fourth-order valence-corrected chi connectivity index (χ4v) is 3.81. The molecule has 35 heavy (non-hydrogen) atoms. The van der Waals surface area contributed by atoms with Crippen LogP contribution in [0.3, 0.4) is 0 Å². The lowest BCUT2D eigenvalue weighted by atomic mass is 9.87. The number of amides is 2. The van der Waals surface area contributed by atoms with E-state index in [1.807, 2.05) is 0 Å². The third-order valence-corrected chi connectivity index (χ3v) is 5.39. The largest absolute Gasteiger partial charge is 0.507 e. The Kier molecular flexibility index (Phi) is 7.65. The number of ether oxygens (including phenoxy) is 3. The van der Waals surface area contributed by atoms with Crippen LogP contribution in [0.1, 0.15) is 39.6 Å². The van der Waals surface area contributed by atoms with Crippen LogP contribution in [0.4, 0.5) is 5.69 Å². The van der Waals surface area contributed by atoms with Gasteiger partial charge in [-0.25, -0.2) is 4.79 Å². The van der Waals surface area contributed by atoms with Crippen molar-refractivity contribution < 1.29 is 33.3 Å². The van der Waals surface area contributed by atoms with E-state index >= 15 is 0 Å². The van der Waals surface area contributed by atoms with Crippen LogP contribution in [0, 0.1) is 6.92 Å². The maximum atomic E-state index is 13.0. The minimum absolute atomic E-state index is 0.111. The van der Waals surface area contributed by atoms with Crippen molar-refractivity contribution in [2.75, 3.05) is 26.6 Å². The number of carbonyl (C=O) groups is 2. The van der Waals surface area contributed by atoms with Gasteiger partial charge in [0.2, 0.25) is 17.6 Å². The average Bonchev–Trinajstić information content (AvgIpc) is 2.82. The fraction of sp³-hybridized carbons (Fsp3) is 0.240. The van der Waals surface area contributed by atoms with Gasteiger partial charge in [-0.3, -0.25) is 9.59 Å². The van der Waals surface area contributed by atoms with Crippen molar-refractivity contribution in [3.8, 4) is 23.0 Å². The lowest BCUT2D eigenvalue weighted by Gasteiger charge is -2.22. The second-order valence-electron chi connectivity index (χ2n) is 7.61. The number of anilines is 1. The molecule has 0 aliphatic heterocycles. The highest BCUT2D eigenvalue weighted by atomic mass is 16.5. The molecule has 0 saturated carbocycles. The topological polar surface area (TPSA) is 150 Å². The normalized spacial score (nSPS) is 11.4. The molecule has 0 aliphatic carbocycles. The third kappa shape index (κ3) is 5.37. The molecule has 0 bridgehead atoms. The number of methoxy groups -OCH3 is 3. The third-order valence-electron chi connectivity index (χ3n) is 5.39. The predicted molar refractivity (Wildman–Crippen MR) is 128 cm³/mol. The molecule has 10 heteroatoms. The number of rotatable bonds is 9. The van der Waals surface area contributed by atoms with Crippen molar-refractivity contribution in [3.05, 3.63) is 75.3 Å². The number of carbonyl (C=O) groups excluding carboxylic acids is 2. The number of hydrogen-bond donors (Lipinski definition) is 3. The summed E-state index contributed by atoms with van der Waals surface area (Å²) in [6, 6.07) is 10.6. The van der Waals surface area contributed by atoms with Crippen LogP contribution in [-0.4, -0.2) is 38.3 Å². The maximum absolute atomic E-state index is 13.0. The van der Waals surface area contributed by atoms with Gasteiger partial charge < -0.3 is 34.8 Å². The summed E-state index contributed by atoms with van der Waals surface area (Å²) >= 11 is 0. The Morgan fingerprint density at radius 1 is 1.03 bits per heavy atom. The zero-order valence-corrected chi connectivity index (χ0v) is 19.7. The summed E-state index contributed by atoms with van der Waals surface area (Å²) in [7, 11) is 4.31. The van der Waals surface area contributed by atoms with Crippen LogP contribution in [0.5, 0.6) is 23.0 Å². The second kappa shape index (κ2) is 10.6. The number of hydrogen-bond acceptors (Lipinski definition) is 8. The number of aromatic hydroxyl groups is 1. The summed E-state index contributed by atoms with van der Waals surface area (Å²) in [5.41, 5.74) is 5.46. The number of aryl methyl sites for hydroxylation is 1. The van der Waals surface area contributed by atoms with E-state index in [4.69, 9.17) is 24.4 Å². The smallest absolute Gasteiger partial charge is 0.343 e. The molecular weight excluding hydrogens is 456 g/mol. The summed E-state index contributed by atoms with van der Waals surface area (Å²) in [6.07, 6.45) is -0.259. The number of nitrogens with one attached hydrogen (secondary N) is 1. The molecule has 3 aromatic rings. The van der Waals surface area contributed by atoms with Gasteiger partial charge in [-0.05, 0) is 37.3 Å². The van der Waals surface area contributed by atoms with Gasteiger partial charge in [0.1, 0.15) is 11.5 Å². The molecule has 3 rings (SSSR count). The average molecular weight is 482 g/mol. The number of nitrogens with two attached hydrogens (primary N) is 1. The molecule has 1 aromatic heterocycles. The van der Waals surface area contributed by atoms with Crippen molar-refractivity contribution in [1.29, 1.82) is 0 Å². The van der Waals surface area contributed by atoms with E-state index in [0.29, 0.717) is 17.0 Å². The van der Waals surface area contributed by atoms with Gasteiger partial charge in [0.05, 0.1) is 26.9 Å². The van der Waals surface area contributed by atoms with Gasteiger partial charge in [-0.2, -0.15) is 0 Å². The van der Waals surface area contributed by atoms with Crippen molar-refractivity contribution in [2.24, 2.45) is 5.73 Å². The Hall–Kier alpha value is -4.47. The van der Waals surface area contributed by atoms with Crippen LogP contribution < -0.4 is 30.9 Å². The van der Waals surface area contributed by atoms with Gasteiger partial charge in [-0.15, -0.1) is 0 Å². The van der Waals surface area contributed by atoms with E-state index in [1.54, 1.807) is 12.1 Å². The molecule has 0 radical (unpaired) electrons. The molecule has 0 fully saturated rings. The Morgan fingerprint density at radius 2 is 1.69 bits per heavy atom. The summed E-state index contributed by atoms with van der Waals surface area (Å²) < 4.78 is 21.5. The first kappa shape index (κ1) is 25.2. The minimum Gasteiger partial charge on any atom is -0.507 e. The van der Waals surface area contributed by atoms with E-state index in [0.717, 1.165) is 0 Å². The maximum Gasteiger partial charge on any atom is 0.343 e. The quantitative estimate of drug-likeness (QED) is 0.421. The molecule has 2 amide bonds. The summed E-state index contributed by atoms with van der Waals surface area (Å²) in [5.74, 6) is -1.26. The highest BCUT2D eigenvalue weighted by Gasteiger charge is 2.30. The number of benzene rings is 2. The lowest BCUT2D eigenvalue weighted by molar-refractivity contribution is -0.116. The van der Waals surface area contributed by atoms with E-state index in [2.05, 4.69) is 5.32 Å². The van der Waals surface area contributed by atoms with Crippen LogP contribution in [0.15, 0.2) is 51.7 Å². The Bertz CT molecular complexity index is 1300. The summed E-state index contributed by atoms with van der Waals surface area (Å²) in [5, 5.41) is 13.4. The molecule has 1 atom stereocenters. The lowest BCUT2D eigenvalue weighted by Crippen LogP contribution is -2.21. The molecule has 4 N–H and O–H groups in total. The van der Waals surface area contributed by atoms with Gasteiger partial charge in [0.25, 0.3) is 0 Å². The van der Waals surface area contributed by atoms with Crippen LogP contribution in [-0.2, 0) is 4.79 Å². The van der Waals surface area contributed by atoms with Crippen molar-refractivity contribution in [1.82, 2.24) is 0 Å². The Labute approximate surface area is 201 Å². The van der Waals surface area contributed by atoms with Gasteiger partial charge in [-0.1, -0.05) is 6.07 Å². The molecule has 10 nitrogen and oxygen atoms in total. The highest BCUT2D eigenvalue weighted by molar-refractivity contribution is 5.95. The van der Waals surface area contributed by atoms with Crippen molar-refractivity contribution in [2.45, 2.75) is 19.3 Å². The van der Waals surface area contributed by atoms with Crippen molar-refractivity contribution >= 4 is 17.5 Å². The zero-order chi connectivity index (χ0) is 25.7. The number of primary amides is 1. The highest BCUT2D eigenvalue weighted by Crippen LogP contribution is 2.46. The Balaban J connectivity index is 2.08. The second-order valence-corrected chi connectivity index (χ2v) is 7.61. The van der Waals surface area contributed by atoms with E-state index in [-0.39, 0.29) is 40.6 Å². The standard InChI is InChI=1S/C25H26N2O8/c1-13-11-18(28)21(25(31)35-13)17(16-9-10-19(32-2)23(34-4)22(16)33-3)12-20(29)27-15-7-5-14(6-8-15)24(26)30/h5-11,17,28H,12H2,1-4H3,(H2,26,30)(H,27,29). The predicted octanol–water partition coefficient (Wildman–Crippen LogP) is 2.94. The van der Waals surface area contributed by atoms with E-state index in [1.165, 1.54) is 58.6 Å². The SMILES string of the molecule is COc1ccc(C(CC(=O)Nc2ccc(C(N)=O)cc2)c2c(O)cc(C)oc2=O)c(OC)c1OC. The molecule has 0 aliphatic rings. The van der Waals surface area contributed by atoms with E-state index in [9.17, 15) is 19.5 Å². The zero-order valence-electron chi connectivity index (χ0n) is 19.7. The van der Waals surface area contributed by atoms with Gasteiger partial charge in [0, 0.05) is 35.2 Å². The van der Waals surface area contributed by atoms with E-state index < -0.39 is 23.4 Å². The van der Waals surface area contributed by atoms with Crippen LogP contribution in [0.25, 0.3) is 0 Å². The molecule has 1 heterocycles. The van der Waals surface area contributed by atoms with Gasteiger partial charge >= 0.3 is 5.63 Å². The van der Waals surface area contributed by atoms with Gasteiger partial charge in [0.15, 0.2) is 11.5 Å². The molecule has 0 spiro atoms. The molecule has 2 aromatic carbocycles.